The molecule has 0 radical (unpaired) electrons. The molecule has 0 aromatic carbocycles. The number of hydrogen-bond donors (Lipinski definition) is 8. The molecule has 1 spiro atoms. The average Bonchev–Trinajstić information content (AvgIpc) is 1.12. The topological polar surface area (TPSA) is 166 Å². The van der Waals surface area contributed by atoms with Crippen molar-refractivity contribution in [2.24, 2.45) is 5.41 Å². The van der Waals surface area contributed by atoms with Gasteiger partial charge in [0.1, 0.15) is 19.1 Å². The van der Waals surface area contributed by atoms with Gasteiger partial charge in [0.25, 0.3) is 0 Å². The Bertz CT molecular complexity index is 1640. The van der Waals surface area contributed by atoms with Crippen molar-refractivity contribution in [3.63, 3.8) is 0 Å². The van der Waals surface area contributed by atoms with E-state index >= 15 is 0 Å². The number of thioether (sulfide) groups is 2. The Morgan fingerprint density at radius 2 is 1.03 bits per heavy atom. The van der Waals surface area contributed by atoms with Crippen LogP contribution in [0.1, 0.15) is 196 Å². The molecule has 0 saturated carbocycles. The third kappa shape index (κ3) is 77.6. The predicted octanol–water partition coefficient (Wildman–Crippen LogP) is 19.6. The van der Waals surface area contributed by atoms with Gasteiger partial charge < -0.3 is 65.7 Å². The Balaban J connectivity index is -0.000000117. The summed E-state index contributed by atoms with van der Waals surface area (Å²) in [5.74, 6) is 1.88. The van der Waals surface area contributed by atoms with E-state index in [0.29, 0.717) is 23.7 Å². The second-order valence-corrected chi connectivity index (χ2v) is 18.7. The summed E-state index contributed by atoms with van der Waals surface area (Å²) < 4.78 is 63.3. The van der Waals surface area contributed by atoms with E-state index in [4.69, 9.17) is 4.74 Å². The summed E-state index contributed by atoms with van der Waals surface area (Å²) in [6, 6.07) is 7.70. The summed E-state index contributed by atoms with van der Waals surface area (Å²) in [7, 11) is -0.280. The first-order valence-electron chi connectivity index (χ1n) is 34.3. The van der Waals surface area contributed by atoms with Crippen LogP contribution < -0.4 is 37.2 Å². The maximum Gasteiger partial charge on any atom is 0.507 e. The minimum Gasteiger partial charge on any atom is -0.498 e. The van der Waals surface area contributed by atoms with Crippen LogP contribution in [0.15, 0.2) is 149 Å². The number of hydrogen-bond acceptors (Lipinski definition) is 16. The number of rotatable bonds is 1. The molecule has 11 heterocycles. The number of ether oxygens (including phenoxy) is 3. The number of furan rings is 1. The highest BCUT2D eigenvalue weighted by Crippen LogP contribution is 2.39. The molecule has 2 aromatic rings. The van der Waals surface area contributed by atoms with Gasteiger partial charge >= 0.3 is 19.3 Å². The van der Waals surface area contributed by atoms with Crippen molar-refractivity contribution in [2.45, 2.75) is 215 Å². The van der Waals surface area contributed by atoms with Gasteiger partial charge in [-0.3, -0.25) is 4.79 Å². The number of carbonyl (C=O) groups excluding carboxylic acids is 1. The van der Waals surface area contributed by atoms with Gasteiger partial charge in [0.2, 0.25) is 5.91 Å². The van der Waals surface area contributed by atoms with Crippen LogP contribution in [-0.4, -0.2) is 112 Å². The van der Waals surface area contributed by atoms with Crippen LogP contribution in [0.4, 0.5) is 17.6 Å². The van der Waals surface area contributed by atoms with E-state index in [1.807, 2.05) is 216 Å². The third-order valence-corrected chi connectivity index (χ3v) is 12.4. The molecule has 1 saturated heterocycles. The third-order valence-electron chi connectivity index (χ3n) is 10.3. The van der Waals surface area contributed by atoms with E-state index < -0.39 is 12.2 Å². The smallest absolute Gasteiger partial charge is 0.498 e. The first-order chi connectivity index (χ1) is 45.1. The van der Waals surface area contributed by atoms with Gasteiger partial charge in [-0.2, -0.15) is 28.9 Å². The second kappa shape index (κ2) is 94.8. The summed E-state index contributed by atoms with van der Waals surface area (Å²) >= 11 is 5.08. The molecule has 9 aliphatic heterocycles. The van der Waals surface area contributed by atoms with Gasteiger partial charge in [-0.25, -0.2) is 0 Å². The largest absolute Gasteiger partial charge is 0.507 e. The molecule has 14 nitrogen and oxygen atoms in total. The molecular formula is C70H137BF4N8O6S3. The summed E-state index contributed by atoms with van der Waals surface area (Å²) in [5.41, 5.74) is 0.427. The fraction of sp³-hybridized carbons (Fsp3) is 0.643. The summed E-state index contributed by atoms with van der Waals surface area (Å²) in [6.07, 6.45) is 30.4. The van der Waals surface area contributed by atoms with E-state index in [9.17, 15) is 27.4 Å². The normalized spacial score (nSPS) is 16.7. The van der Waals surface area contributed by atoms with Crippen molar-refractivity contribution >= 4 is 47.8 Å². The van der Waals surface area contributed by atoms with E-state index in [-0.39, 0.29) is 13.0 Å². The molecule has 0 atom stereocenters. The highest BCUT2D eigenvalue weighted by molar-refractivity contribution is 8.02. The Morgan fingerprint density at radius 3 is 1.28 bits per heavy atom. The van der Waals surface area contributed by atoms with Crippen molar-refractivity contribution in [3.05, 3.63) is 145 Å². The van der Waals surface area contributed by atoms with Crippen molar-refractivity contribution in [3.8, 4) is 0 Å². The maximum absolute atomic E-state index is 11.8. The van der Waals surface area contributed by atoms with Crippen LogP contribution in [0.5, 0.6) is 0 Å². The number of amides is 1. The van der Waals surface area contributed by atoms with Crippen LogP contribution in [0.2, 0.25) is 6.82 Å². The van der Waals surface area contributed by atoms with Gasteiger partial charge in [-0.05, 0) is 142 Å². The molecule has 11 rings (SSSR count). The number of nitrogens with one attached hydrogen (secondary N) is 7. The molecule has 542 valence electrons. The average molecular weight is 1370 g/mol. The number of halogens is 4. The van der Waals surface area contributed by atoms with Crippen LogP contribution >= 0.6 is 34.9 Å². The van der Waals surface area contributed by atoms with Crippen LogP contribution in [0, 0.1) is 5.41 Å². The van der Waals surface area contributed by atoms with E-state index in [1.54, 1.807) is 42.5 Å². The zero-order chi connectivity index (χ0) is 72.0. The number of thiophene rings is 1. The van der Waals surface area contributed by atoms with Gasteiger partial charge in [0.05, 0.1) is 24.5 Å². The first-order valence-corrected chi connectivity index (χ1v) is 37.3. The van der Waals surface area contributed by atoms with Crippen LogP contribution in [-0.2, 0) is 19.0 Å². The lowest BCUT2D eigenvalue weighted by Crippen LogP contribution is -2.47. The molecule has 2 aromatic heterocycles. The number of nitrogens with zero attached hydrogens (tertiary/aromatic N) is 1. The lowest BCUT2D eigenvalue weighted by Gasteiger charge is -2.42. The standard InChI is InChI=1S/C10H19BN2O.C6H11N.2C5H9N.C4H2F4O2.C4H5NOS.C4H7NO.C4H7NS.C4H4O.C4H4S.10C2H6/c1-11(14)13-8-4-10(5-9-13)2-6-12-7-3-10;1-2-4-6-7-5-3-1;2*1-2-4-6-5-3-1;5-3(6)4(7,8)10-2-1-9-3;6-4-3-7-2-1-5-4;2*1-3-6-4-2-5-1;2*1-2-4-5-3-1;10*1-2/h2,6,12,14H,3-5,7-9H2,1H3;3,5,7H,1-2,4,6H2;2,4,6H,1,3,5H2;1-2,6H,3-5H2;1-2H;1-2H,3H2,(H,5,6);2*1,3,5H,2,4H2;2*1-4H;10*1-2H3. The molecule has 92 heavy (non-hydrogen) atoms. The van der Waals surface area contributed by atoms with E-state index in [2.05, 4.69) is 97.9 Å². The molecular weight excluding hydrogens is 1230 g/mol. The Morgan fingerprint density at radius 1 is 0.522 bits per heavy atom. The minimum atomic E-state index is -4.57. The van der Waals surface area contributed by atoms with Crippen LogP contribution in [0.3, 0.4) is 0 Å². The van der Waals surface area contributed by atoms with E-state index in [0.717, 1.165) is 65.5 Å². The minimum absolute atomic E-state index is 0.0903. The fourth-order valence-electron chi connectivity index (χ4n) is 6.26. The Hall–Kier alpha value is -4.87. The van der Waals surface area contributed by atoms with Gasteiger partial charge in [0.15, 0.2) is 0 Å². The molecule has 0 unspecified atom stereocenters. The zero-order valence-electron chi connectivity index (χ0n) is 61.5. The fourth-order valence-corrected chi connectivity index (χ4v) is 7.77. The van der Waals surface area contributed by atoms with E-state index in [1.165, 1.54) is 75.3 Å². The zero-order valence-corrected chi connectivity index (χ0v) is 63.9. The van der Waals surface area contributed by atoms with Crippen molar-refractivity contribution in [2.75, 3.05) is 77.0 Å². The quantitative estimate of drug-likeness (QED) is 0.0772. The Labute approximate surface area is 575 Å². The van der Waals surface area contributed by atoms with Crippen molar-refractivity contribution < 1.29 is 46.0 Å². The predicted molar refractivity (Wildman–Crippen MR) is 403 cm³/mol. The highest BCUT2D eigenvalue weighted by atomic mass is 32.2. The van der Waals surface area contributed by atoms with Gasteiger partial charge in [-0.15, -0.1) is 23.5 Å². The van der Waals surface area contributed by atoms with Gasteiger partial charge in [-0.1, -0.05) is 181 Å². The first kappa shape index (κ1) is 106. The highest BCUT2D eigenvalue weighted by Gasteiger charge is 2.63. The summed E-state index contributed by atoms with van der Waals surface area (Å²) in [6.45, 7) is 52.4. The summed E-state index contributed by atoms with van der Waals surface area (Å²) in [5, 5.41) is 38.8. The molecule has 1 amide bonds. The second-order valence-electron chi connectivity index (χ2n) is 15.9. The van der Waals surface area contributed by atoms with Crippen molar-refractivity contribution in [1.29, 1.82) is 0 Å². The summed E-state index contributed by atoms with van der Waals surface area (Å²) in [4.78, 5) is 12.4. The number of allylic oxidation sites excluding steroid dienone is 3. The molecule has 0 aliphatic carbocycles. The SMILES string of the molecule is C1=CCNCC1.C1=CNCCC1.C1=CNCCCC1.C1=COCCN1.C1=CSCCN1.CB(O)N1CCC2(C=CNCC2)CC1.CC.CC.CC.CC.CC.CC.CC.CC.CC.CC.FC1(F)OC=COC1(F)F.O=C1CSC=CN1.c1ccoc1.c1ccsc1. The van der Waals surface area contributed by atoms with Crippen LogP contribution in [0.25, 0.3) is 0 Å². The molecule has 0 bridgehead atoms. The number of alkyl halides is 4. The van der Waals surface area contributed by atoms with Crippen molar-refractivity contribution in [1.82, 2.24) is 42.0 Å². The number of carbonyl (C=O) groups is 1. The van der Waals surface area contributed by atoms with Gasteiger partial charge in [0, 0.05) is 63.6 Å². The maximum atomic E-state index is 11.8. The molecule has 8 N–H and O–H groups in total. The molecule has 9 aliphatic rings. The lowest BCUT2D eigenvalue weighted by atomic mass is 9.71. The Kier molecular flexibility index (Phi) is 109. The molecule has 22 heteroatoms. The monoisotopic (exact) mass is 1370 g/mol. The number of piperidine rings is 1. The lowest BCUT2D eigenvalue weighted by molar-refractivity contribution is -0.417. The molecule has 1 fully saturated rings.